The molecule has 5 amide bonds. The summed E-state index contributed by atoms with van der Waals surface area (Å²) < 4.78 is 5.23. The van der Waals surface area contributed by atoms with E-state index >= 15 is 0 Å². The number of rotatable bonds is 13. The second-order valence-electron chi connectivity index (χ2n) is 10.8. The molecule has 0 spiro atoms. The molecule has 2 aliphatic heterocycles. The summed E-state index contributed by atoms with van der Waals surface area (Å²) in [6.07, 6.45) is 3.99. The summed E-state index contributed by atoms with van der Waals surface area (Å²) in [7, 11) is 0. The Morgan fingerprint density at radius 2 is 1.57 bits per heavy atom. The minimum absolute atomic E-state index is 0.0691. The SMILES string of the molecule is CC(C)C(OC(=O)ON1C(=O)CCC1=O)C(CCCCNC(=O)C1CCC(CN2C(=O)C=CC2=O)CC1)C(=O)O. The van der Waals surface area contributed by atoms with Crippen molar-refractivity contribution in [2.75, 3.05) is 13.1 Å². The van der Waals surface area contributed by atoms with E-state index in [1.807, 2.05) is 0 Å². The third kappa shape index (κ3) is 8.12. The van der Waals surface area contributed by atoms with Crippen LogP contribution in [0.2, 0.25) is 0 Å². The Morgan fingerprint density at radius 3 is 2.12 bits per heavy atom. The van der Waals surface area contributed by atoms with Gasteiger partial charge in [0.25, 0.3) is 23.6 Å². The Labute approximate surface area is 232 Å². The average Bonchev–Trinajstić information content (AvgIpc) is 3.40. The van der Waals surface area contributed by atoms with Crippen LogP contribution >= 0.6 is 0 Å². The minimum atomic E-state index is -1.31. The first kappa shape index (κ1) is 30.8. The van der Waals surface area contributed by atoms with E-state index in [9.17, 15) is 38.7 Å². The molecule has 2 unspecified atom stereocenters. The van der Waals surface area contributed by atoms with Gasteiger partial charge in [-0.1, -0.05) is 25.3 Å². The van der Waals surface area contributed by atoms with Crippen molar-refractivity contribution in [1.29, 1.82) is 0 Å². The number of hydrogen-bond donors (Lipinski definition) is 2. The van der Waals surface area contributed by atoms with Crippen LogP contribution in [0.3, 0.4) is 0 Å². The predicted molar refractivity (Wildman–Crippen MR) is 137 cm³/mol. The highest BCUT2D eigenvalue weighted by molar-refractivity contribution is 6.12. The number of imide groups is 2. The number of nitrogens with one attached hydrogen (secondary N) is 1. The molecular weight excluding hydrogens is 526 g/mol. The molecule has 1 saturated carbocycles. The number of carboxylic acids is 1. The maximum absolute atomic E-state index is 12.6. The first-order valence-electron chi connectivity index (χ1n) is 13.8. The van der Waals surface area contributed by atoms with Gasteiger partial charge in [0.15, 0.2) is 0 Å². The number of amides is 5. The van der Waals surface area contributed by atoms with E-state index in [2.05, 4.69) is 5.32 Å². The fourth-order valence-corrected chi connectivity index (χ4v) is 5.30. The molecule has 0 radical (unpaired) electrons. The molecule has 220 valence electrons. The Balaban J connectivity index is 1.37. The molecule has 0 aromatic heterocycles. The van der Waals surface area contributed by atoms with E-state index in [1.165, 1.54) is 17.1 Å². The summed E-state index contributed by atoms with van der Waals surface area (Å²) in [4.78, 5) is 89.5. The van der Waals surface area contributed by atoms with Crippen molar-refractivity contribution in [3.63, 3.8) is 0 Å². The zero-order chi connectivity index (χ0) is 29.4. The number of carbonyl (C=O) groups excluding carboxylic acids is 6. The summed E-state index contributed by atoms with van der Waals surface area (Å²) in [5.74, 6) is -4.55. The fourth-order valence-electron chi connectivity index (χ4n) is 5.30. The topological polar surface area (TPSA) is 177 Å². The monoisotopic (exact) mass is 563 g/mol. The molecule has 2 fully saturated rings. The maximum atomic E-state index is 12.6. The molecule has 1 aliphatic carbocycles. The highest BCUT2D eigenvalue weighted by Crippen LogP contribution is 2.30. The molecule has 3 aliphatic rings. The van der Waals surface area contributed by atoms with Gasteiger partial charge in [-0.3, -0.25) is 38.5 Å². The van der Waals surface area contributed by atoms with Crippen LogP contribution in [0.15, 0.2) is 12.2 Å². The van der Waals surface area contributed by atoms with Crippen molar-refractivity contribution < 1.29 is 48.2 Å². The van der Waals surface area contributed by atoms with Crippen LogP contribution in [0, 0.1) is 23.7 Å². The molecule has 3 rings (SSSR count). The van der Waals surface area contributed by atoms with Crippen LogP contribution in [-0.2, 0) is 38.3 Å². The van der Waals surface area contributed by atoms with E-state index in [-0.39, 0.29) is 54.7 Å². The molecule has 1 saturated heterocycles. The minimum Gasteiger partial charge on any atom is -0.481 e. The summed E-state index contributed by atoms with van der Waals surface area (Å²) in [5.41, 5.74) is 0. The van der Waals surface area contributed by atoms with Gasteiger partial charge in [-0.25, -0.2) is 4.79 Å². The van der Waals surface area contributed by atoms with Crippen LogP contribution < -0.4 is 5.32 Å². The third-order valence-electron chi connectivity index (χ3n) is 7.57. The van der Waals surface area contributed by atoms with Gasteiger partial charge >= 0.3 is 12.1 Å². The van der Waals surface area contributed by atoms with E-state index in [0.717, 1.165) is 12.8 Å². The van der Waals surface area contributed by atoms with Gasteiger partial charge in [0.2, 0.25) is 5.91 Å². The van der Waals surface area contributed by atoms with Gasteiger partial charge < -0.3 is 15.2 Å². The average molecular weight is 564 g/mol. The number of ether oxygens (including phenoxy) is 1. The summed E-state index contributed by atoms with van der Waals surface area (Å²) in [6.45, 7) is 4.11. The molecule has 2 heterocycles. The Hall–Kier alpha value is -3.77. The summed E-state index contributed by atoms with van der Waals surface area (Å²) in [5, 5.41) is 13.0. The normalized spacial score (nSPS) is 22.6. The molecule has 2 atom stereocenters. The molecule has 2 N–H and O–H groups in total. The number of hydroxylamine groups is 2. The van der Waals surface area contributed by atoms with Crippen molar-refractivity contribution >= 4 is 41.7 Å². The Kier molecular flexibility index (Phi) is 10.8. The van der Waals surface area contributed by atoms with Gasteiger partial charge in [-0.05, 0) is 50.4 Å². The first-order valence-corrected chi connectivity index (χ1v) is 13.8. The number of carboxylic acid groups (broad SMARTS) is 1. The summed E-state index contributed by atoms with van der Waals surface area (Å²) >= 11 is 0. The fraction of sp³-hybridized carbons (Fsp3) is 0.667. The van der Waals surface area contributed by atoms with Crippen LogP contribution in [0.1, 0.15) is 71.6 Å². The number of hydrogen-bond acceptors (Lipinski definition) is 9. The quantitative estimate of drug-likeness (QED) is 0.191. The van der Waals surface area contributed by atoms with E-state index in [0.29, 0.717) is 43.8 Å². The zero-order valence-corrected chi connectivity index (χ0v) is 22.8. The van der Waals surface area contributed by atoms with Crippen LogP contribution in [0.4, 0.5) is 4.79 Å². The lowest BCUT2D eigenvalue weighted by Crippen LogP contribution is -2.39. The summed E-state index contributed by atoms with van der Waals surface area (Å²) in [6, 6.07) is 0. The molecule has 40 heavy (non-hydrogen) atoms. The maximum Gasteiger partial charge on any atom is 0.534 e. The number of carbonyl (C=O) groups is 7. The van der Waals surface area contributed by atoms with Crippen LogP contribution in [0.5, 0.6) is 0 Å². The van der Waals surface area contributed by atoms with Gasteiger partial charge in [-0.2, -0.15) is 0 Å². The van der Waals surface area contributed by atoms with Crippen molar-refractivity contribution in [1.82, 2.24) is 15.3 Å². The van der Waals surface area contributed by atoms with Gasteiger partial charge in [0.1, 0.15) is 6.10 Å². The highest BCUT2D eigenvalue weighted by atomic mass is 16.8. The van der Waals surface area contributed by atoms with E-state index in [1.54, 1.807) is 13.8 Å². The zero-order valence-electron chi connectivity index (χ0n) is 22.8. The lowest BCUT2D eigenvalue weighted by atomic mass is 9.81. The van der Waals surface area contributed by atoms with Gasteiger partial charge in [-0.15, -0.1) is 0 Å². The second-order valence-corrected chi connectivity index (χ2v) is 10.8. The van der Waals surface area contributed by atoms with Gasteiger partial charge in [0, 0.05) is 44.0 Å². The predicted octanol–water partition coefficient (Wildman–Crippen LogP) is 1.95. The van der Waals surface area contributed by atoms with Crippen LogP contribution in [-0.4, -0.2) is 75.9 Å². The number of unbranched alkanes of at least 4 members (excludes halogenated alkanes) is 1. The molecule has 0 aromatic carbocycles. The van der Waals surface area contributed by atoms with Crippen molar-refractivity contribution in [3.8, 4) is 0 Å². The molecule has 13 nitrogen and oxygen atoms in total. The number of aliphatic carboxylic acids is 1. The number of nitrogens with zero attached hydrogens (tertiary/aromatic N) is 2. The highest BCUT2D eigenvalue weighted by Gasteiger charge is 2.38. The van der Waals surface area contributed by atoms with Crippen molar-refractivity contribution in [2.24, 2.45) is 23.7 Å². The molecule has 0 aromatic rings. The van der Waals surface area contributed by atoms with Crippen molar-refractivity contribution in [2.45, 2.75) is 77.7 Å². The van der Waals surface area contributed by atoms with Gasteiger partial charge in [0.05, 0.1) is 5.92 Å². The van der Waals surface area contributed by atoms with E-state index in [4.69, 9.17) is 9.57 Å². The first-order chi connectivity index (χ1) is 19.0. The lowest BCUT2D eigenvalue weighted by Gasteiger charge is -2.30. The largest absolute Gasteiger partial charge is 0.534 e. The third-order valence-corrected chi connectivity index (χ3v) is 7.57. The molecular formula is C27H37N3O10. The van der Waals surface area contributed by atoms with Crippen LogP contribution in [0.25, 0.3) is 0 Å². The van der Waals surface area contributed by atoms with E-state index < -0.39 is 36.0 Å². The Bertz CT molecular complexity index is 1010. The molecule has 0 bridgehead atoms. The lowest BCUT2D eigenvalue weighted by molar-refractivity contribution is -0.181. The standard InChI is InChI=1S/C27H37N3O10/c1-16(2)24(39-27(38)40-30-22(33)12-13-23(30)34)19(26(36)37)5-3-4-14-28-25(35)18-8-6-17(7-9-18)15-29-20(31)10-11-21(29)32/h10-11,16-19,24H,3-9,12-15H2,1-2H3,(H,28,35)(H,36,37). The second kappa shape index (κ2) is 14.0. The Morgan fingerprint density at radius 1 is 0.975 bits per heavy atom. The smallest absolute Gasteiger partial charge is 0.481 e. The molecule has 13 heteroatoms. The van der Waals surface area contributed by atoms with Crippen molar-refractivity contribution in [3.05, 3.63) is 12.2 Å².